The standard InChI is InChI=1S/C32H19N3Se2/c33-20-21(32-25-11-2-1-9-23(25)24-10-3-4-12-26(24)34-32)19-22-17-18-31(36-22)35-27-13-5-7-15-29(27)37-30-16-8-6-14-28(30)35/h1-19H/b21-19+. The van der Waals surface area contributed by atoms with Gasteiger partial charge in [0.15, 0.2) is 0 Å². The molecule has 2 aromatic heterocycles. The molecule has 1 aliphatic heterocycles. The van der Waals surface area contributed by atoms with Crippen LogP contribution in [0.4, 0.5) is 15.9 Å². The van der Waals surface area contributed by atoms with Crippen molar-refractivity contribution in [1.29, 1.82) is 5.26 Å². The Morgan fingerprint density at radius 2 is 1.32 bits per heavy atom. The number of fused-ring (bicyclic) bond motifs is 5. The van der Waals surface area contributed by atoms with Crippen molar-refractivity contribution in [3.63, 3.8) is 0 Å². The van der Waals surface area contributed by atoms with E-state index in [4.69, 9.17) is 4.98 Å². The van der Waals surface area contributed by atoms with Gasteiger partial charge < -0.3 is 0 Å². The molecule has 0 aliphatic carbocycles. The minimum atomic E-state index is 0.0549. The van der Waals surface area contributed by atoms with Gasteiger partial charge in [-0.05, 0) is 0 Å². The van der Waals surface area contributed by atoms with E-state index < -0.39 is 0 Å². The first-order valence-electron chi connectivity index (χ1n) is 12.0. The molecule has 0 bridgehead atoms. The van der Waals surface area contributed by atoms with E-state index in [0.29, 0.717) is 20.5 Å². The predicted octanol–water partition coefficient (Wildman–Crippen LogP) is 5.95. The van der Waals surface area contributed by atoms with Crippen LogP contribution < -0.4 is 13.8 Å². The monoisotopic (exact) mass is 605 g/mol. The van der Waals surface area contributed by atoms with Gasteiger partial charge in [-0.2, -0.15) is 0 Å². The van der Waals surface area contributed by atoms with Crippen molar-refractivity contribution in [2.45, 2.75) is 0 Å². The van der Waals surface area contributed by atoms with E-state index >= 15 is 0 Å². The first-order chi connectivity index (χ1) is 18.3. The van der Waals surface area contributed by atoms with Gasteiger partial charge in [-0.3, -0.25) is 0 Å². The second kappa shape index (κ2) is 9.20. The van der Waals surface area contributed by atoms with Gasteiger partial charge in [0.2, 0.25) is 0 Å². The van der Waals surface area contributed by atoms with Crippen molar-refractivity contribution >= 4 is 87.6 Å². The molecular formula is C32H19N3Se2. The molecule has 0 fully saturated rings. The van der Waals surface area contributed by atoms with E-state index in [1.165, 1.54) is 29.3 Å². The summed E-state index contributed by atoms with van der Waals surface area (Å²) in [6.07, 6.45) is 2.04. The summed E-state index contributed by atoms with van der Waals surface area (Å²) in [5.74, 6) is 0. The van der Waals surface area contributed by atoms with E-state index in [0.717, 1.165) is 27.4 Å². The van der Waals surface area contributed by atoms with Crippen LogP contribution in [0.5, 0.6) is 0 Å². The Balaban J connectivity index is 1.36. The van der Waals surface area contributed by atoms with E-state index in [2.05, 4.69) is 89.8 Å². The number of allylic oxidation sites excluding steroid dienone is 1. The van der Waals surface area contributed by atoms with Crippen molar-refractivity contribution < 1.29 is 0 Å². The van der Waals surface area contributed by atoms with Crippen LogP contribution in [0, 0.1) is 11.3 Å². The number of nitrogens with zero attached hydrogens (tertiary/aromatic N) is 3. The van der Waals surface area contributed by atoms with E-state index in [-0.39, 0.29) is 14.5 Å². The van der Waals surface area contributed by atoms with Gasteiger partial charge in [-0.15, -0.1) is 0 Å². The van der Waals surface area contributed by atoms with Gasteiger partial charge in [0.05, 0.1) is 0 Å². The minimum absolute atomic E-state index is 0.0549. The van der Waals surface area contributed by atoms with Crippen LogP contribution in [0.3, 0.4) is 0 Å². The number of hydrogen-bond acceptors (Lipinski definition) is 3. The number of nitriles is 1. The third-order valence-electron chi connectivity index (χ3n) is 6.54. The zero-order chi connectivity index (χ0) is 24.8. The van der Waals surface area contributed by atoms with Crippen molar-refractivity contribution in [1.82, 2.24) is 4.98 Å². The maximum atomic E-state index is 10.2. The molecule has 37 heavy (non-hydrogen) atoms. The first kappa shape index (κ1) is 22.3. The molecule has 0 atom stereocenters. The van der Waals surface area contributed by atoms with Gasteiger partial charge in [0, 0.05) is 0 Å². The van der Waals surface area contributed by atoms with Crippen molar-refractivity contribution in [2.75, 3.05) is 4.90 Å². The topological polar surface area (TPSA) is 39.9 Å². The summed E-state index contributed by atoms with van der Waals surface area (Å²) in [5, 5.41) is 13.5. The molecule has 6 aromatic rings. The summed E-state index contributed by atoms with van der Waals surface area (Å²) in [7, 11) is 0. The van der Waals surface area contributed by atoms with Crippen LogP contribution >= 0.6 is 0 Å². The molecule has 3 nitrogen and oxygen atoms in total. The Labute approximate surface area is 227 Å². The fourth-order valence-corrected chi connectivity index (χ4v) is 9.16. The second-order valence-electron chi connectivity index (χ2n) is 8.74. The number of anilines is 3. The molecule has 1 aliphatic rings. The van der Waals surface area contributed by atoms with E-state index in [1.807, 2.05) is 36.4 Å². The zero-order valence-electron chi connectivity index (χ0n) is 19.6. The molecule has 0 N–H and O–H groups in total. The molecule has 0 spiro atoms. The molecule has 3 heterocycles. The summed E-state index contributed by atoms with van der Waals surface area (Å²) in [6, 6.07) is 40.7. The molecule has 0 saturated heterocycles. The van der Waals surface area contributed by atoms with Crippen LogP contribution in [-0.2, 0) is 0 Å². The fourth-order valence-electron chi connectivity index (χ4n) is 4.89. The number of para-hydroxylation sites is 3. The SMILES string of the molecule is N#C/C(=C\c1ccc(N2c3ccccc3[Se]c3ccccc32)[se]1)c1nc2ccccc2c2ccccc12. The summed E-state index contributed by atoms with van der Waals surface area (Å²) in [5.41, 5.74) is 4.81. The molecule has 0 amide bonds. The molecule has 174 valence electrons. The van der Waals surface area contributed by atoms with Gasteiger partial charge >= 0.3 is 228 Å². The summed E-state index contributed by atoms with van der Waals surface area (Å²) in [4.78, 5) is 7.37. The average Bonchev–Trinajstić information content (AvgIpc) is 3.42. The quantitative estimate of drug-likeness (QED) is 0.143. The number of rotatable bonds is 3. The van der Waals surface area contributed by atoms with Crippen LogP contribution in [0.15, 0.2) is 109 Å². The second-order valence-corrected chi connectivity index (χ2v) is 13.3. The molecule has 5 heteroatoms. The van der Waals surface area contributed by atoms with Crippen molar-refractivity contribution in [3.8, 4) is 6.07 Å². The summed E-state index contributed by atoms with van der Waals surface area (Å²) >= 11 is 0.349. The predicted molar refractivity (Wildman–Crippen MR) is 156 cm³/mol. The Bertz CT molecular complexity index is 1850. The number of aromatic nitrogens is 1. The van der Waals surface area contributed by atoms with Crippen molar-refractivity contribution in [3.05, 3.63) is 119 Å². The Morgan fingerprint density at radius 3 is 2.05 bits per heavy atom. The third kappa shape index (κ3) is 3.83. The number of benzene rings is 4. The Hall–Kier alpha value is -3.90. The summed E-state index contributed by atoms with van der Waals surface area (Å²) in [6.45, 7) is 0. The molecular weight excluding hydrogens is 584 g/mol. The molecule has 7 rings (SSSR count). The Morgan fingerprint density at radius 1 is 0.703 bits per heavy atom. The summed E-state index contributed by atoms with van der Waals surface area (Å²) < 4.78 is 5.25. The zero-order valence-corrected chi connectivity index (χ0v) is 23.1. The van der Waals surface area contributed by atoms with Crippen LogP contribution in [0.2, 0.25) is 0 Å². The molecule has 0 radical (unpaired) electrons. The molecule has 4 aromatic carbocycles. The number of pyridine rings is 1. The van der Waals surface area contributed by atoms with E-state index in [1.54, 1.807) is 0 Å². The van der Waals surface area contributed by atoms with Crippen LogP contribution in [0.1, 0.15) is 10.1 Å². The Kier molecular flexibility index (Phi) is 5.55. The van der Waals surface area contributed by atoms with Gasteiger partial charge in [-0.1, -0.05) is 0 Å². The number of hydrogen-bond donors (Lipinski definition) is 0. The normalized spacial score (nSPS) is 12.8. The molecule has 0 saturated carbocycles. The third-order valence-corrected chi connectivity index (χ3v) is 11.0. The maximum absolute atomic E-state index is 10.2. The molecule has 0 unspecified atom stereocenters. The van der Waals surface area contributed by atoms with Crippen LogP contribution in [-0.4, -0.2) is 34.4 Å². The van der Waals surface area contributed by atoms with Gasteiger partial charge in [0.25, 0.3) is 0 Å². The average molecular weight is 603 g/mol. The van der Waals surface area contributed by atoms with Crippen LogP contribution in [0.25, 0.3) is 33.3 Å². The van der Waals surface area contributed by atoms with Gasteiger partial charge in [0.1, 0.15) is 0 Å². The van der Waals surface area contributed by atoms with Crippen molar-refractivity contribution in [2.24, 2.45) is 0 Å². The first-order valence-corrected chi connectivity index (χ1v) is 15.4. The van der Waals surface area contributed by atoms with Gasteiger partial charge in [-0.25, -0.2) is 0 Å². The van der Waals surface area contributed by atoms with E-state index in [9.17, 15) is 5.26 Å². The fraction of sp³-hybridized carbons (Fsp3) is 0.